The molecule has 0 aliphatic carbocycles. The largest absolute Gasteiger partial charge is 0.393 e. The van der Waals surface area contributed by atoms with E-state index in [0.717, 1.165) is 15.3 Å². The molecule has 0 amide bonds. The van der Waals surface area contributed by atoms with Gasteiger partial charge in [-0.15, -0.1) is 11.3 Å². The highest BCUT2D eigenvalue weighted by Crippen LogP contribution is 2.42. The first-order chi connectivity index (χ1) is 17.7. The Kier molecular flexibility index (Phi) is 6.93. The van der Waals surface area contributed by atoms with Crippen molar-refractivity contribution < 1.29 is 9.84 Å². The SMILES string of the molecule is CC(C)(C)[Si](c1ccccc1)(c1ccccc1)C(O)[C@@H]1CC[C@H](n2cc(-c3cccs3)c(=O)[nH]c2=O)O1. The van der Waals surface area contributed by atoms with Crippen LogP contribution < -0.4 is 21.6 Å². The van der Waals surface area contributed by atoms with Crippen LogP contribution in [0.25, 0.3) is 10.4 Å². The molecule has 1 saturated heterocycles. The van der Waals surface area contributed by atoms with Gasteiger partial charge in [-0.25, -0.2) is 4.79 Å². The summed E-state index contributed by atoms with van der Waals surface area (Å²) in [5.74, 6) is 0. The van der Waals surface area contributed by atoms with Crippen molar-refractivity contribution in [3.8, 4) is 10.4 Å². The van der Waals surface area contributed by atoms with Crippen molar-refractivity contribution in [3.63, 3.8) is 0 Å². The van der Waals surface area contributed by atoms with E-state index in [-0.39, 0.29) is 5.04 Å². The third-order valence-corrected chi connectivity index (χ3v) is 14.5. The van der Waals surface area contributed by atoms with Gasteiger partial charge in [0.15, 0.2) is 8.07 Å². The Balaban J connectivity index is 1.55. The van der Waals surface area contributed by atoms with Gasteiger partial charge in [0, 0.05) is 11.1 Å². The number of aromatic amines is 1. The molecule has 3 atom stereocenters. The van der Waals surface area contributed by atoms with Crippen LogP contribution in [0.15, 0.2) is 94.0 Å². The van der Waals surface area contributed by atoms with Crippen LogP contribution in [0.2, 0.25) is 5.04 Å². The van der Waals surface area contributed by atoms with E-state index in [1.54, 1.807) is 6.20 Å². The van der Waals surface area contributed by atoms with Gasteiger partial charge in [-0.3, -0.25) is 14.3 Å². The number of ether oxygens (including phenoxy) is 1. The molecule has 37 heavy (non-hydrogen) atoms. The first-order valence-electron chi connectivity index (χ1n) is 12.6. The Morgan fingerprint density at radius 3 is 2.14 bits per heavy atom. The predicted octanol–water partition coefficient (Wildman–Crippen LogP) is 3.91. The summed E-state index contributed by atoms with van der Waals surface area (Å²) in [7, 11) is -2.84. The van der Waals surface area contributed by atoms with E-state index in [1.807, 2.05) is 53.9 Å². The molecule has 192 valence electrons. The van der Waals surface area contributed by atoms with E-state index in [9.17, 15) is 14.7 Å². The summed E-state index contributed by atoms with van der Waals surface area (Å²) in [5, 5.41) is 16.2. The number of nitrogens with zero attached hydrogens (tertiary/aromatic N) is 1. The second-order valence-corrected chi connectivity index (χ2v) is 16.4. The molecule has 6 nitrogen and oxygen atoms in total. The van der Waals surface area contributed by atoms with Crippen LogP contribution in [-0.2, 0) is 4.74 Å². The zero-order chi connectivity index (χ0) is 26.2. The van der Waals surface area contributed by atoms with E-state index in [4.69, 9.17) is 4.74 Å². The zero-order valence-corrected chi connectivity index (χ0v) is 23.1. The van der Waals surface area contributed by atoms with Crippen molar-refractivity contribution in [2.45, 2.75) is 56.7 Å². The van der Waals surface area contributed by atoms with Gasteiger partial charge < -0.3 is 9.84 Å². The molecule has 8 heteroatoms. The third-order valence-electron chi connectivity index (χ3n) is 7.53. The number of aliphatic hydroxyl groups excluding tert-OH is 1. The van der Waals surface area contributed by atoms with Crippen LogP contribution in [0.1, 0.15) is 39.8 Å². The fourth-order valence-corrected chi connectivity index (χ4v) is 12.5. The van der Waals surface area contributed by atoms with Gasteiger partial charge in [-0.05, 0) is 29.3 Å². The topological polar surface area (TPSA) is 84.3 Å². The van der Waals surface area contributed by atoms with E-state index in [0.29, 0.717) is 18.4 Å². The van der Waals surface area contributed by atoms with Crippen molar-refractivity contribution in [3.05, 3.63) is 105 Å². The predicted molar refractivity (Wildman–Crippen MR) is 151 cm³/mol. The first kappa shape index (κ1) is 25.6. The zero-order valence-electron chi connectivity index (χ0n) is 21.3. The summed E-state index contributed by atoms with van der Waals surface area (Å²) in [6.07, 6.45) is 1.74. The van der Waals surface area contributed by atoms with Crippen molar-refractivity contribution in [1.29, 1.82) is 0 Å². The Bertz CT molecular complexity index is 1420. The lowest BCUT2D eigenvalue weighted by Crippen LogP contribution is -2.74. The molecule has 4 aromatic rings. The minimum absolute atomic E-state index is 0.238. The van der Waals surface area contributed by atoms with Crippen molar-refractivity contribution >= 4 is 29.8 Å². The molecule has 3 heterocycles. The maximum absolute atomic E-state index is 12.8. The van der Waals surface area contributed by atoms with Gasteiger partial charge in [0.05, 0.1) is 17.4 Å². The maximum atomic E-state index is 12.8. The van der Waals surface area contributed by atoms with Crippen LogP contribution in [0.5, 0.6) is 0 Å². The molecule has 0 spiro atoms. The summed E-state index contributed by atoms with van der Waals surface area (Å²) < 4.78 is 7.94. The molecule has 1 aliphatic rings. The quantitative estimate of drug-likeness (QED) is 0.369. The number of benzene rings is 2. The highest BCUT2D eigenvalue weighted by Gasteiger charge is 2.56. The summed E-state index contributed by atoms with van der Waals surface area (Å²) in [6.45, 7) is 6.61. The van der Waals surface area contributed by atoms with Crippen LogP contribution in [0.4, 0.5) is 0 Å². The van der Waals surface area contributed by atoms with Crippen molar-refractivity contribution in [2.24, 2.45) is 0 Å². The van der Waals surface area contributed by atoms with Gasteiger partial charge >= 0.3 is 5.69 Å². The van der Waals surface area contributed by atoms with Gasteiger partial charge in [0.2, 0.25) is 0 Å². The molecular formula is C29H32N2O4SSi. The molecule has 1 aliphatic heterocycles. The second-order valence-electron chi connectivity index (χ2n) is 10.6. The molecular weight excluding hydrogens is 500 g/mol. The minimum Gasteiger partial charge on any atom is -0.393 e. The number of nitrogens with one attached hydrogen (secondary N) is 1. The minimum atomic E-state index is -2.84. The molecule has 0 bridgehead atoms. The second kappa shape index (κ2) is 10.0. The van der Waals surface area contributed by atoms with E-state index in [1.165, 1.54) is 15.9 Å². The highest BCUT2D eigenvalue weighted by molar-refractivity contribution is 7.13. The first-order valence-corrected chi connectivity index (χ1v) is 15.5. The lowest BCUT2D eigenvalue weighted by Gasteiger charge is -2.48. The number of hydrogen-bond acceptors (Lipinski definition) is 5. The van der Waals surface area contributed by atoms with Crippen molar-refractivity contribution in [2.75, 3.05) is 0 Å². The summed E-state index contributed by atoms with van der Waals surface area (Å²) in [5.41, 5.74) is -1.23. The fourth-order valence-electron chi connectivity index (χ4n) is 5.89. The Morgan fingerprint density at radius 1 is 0.973 bits per heavy atom. The fraction of sp³-hybridized carbons (Fsp3) is 0.310. The average Bonchev–Trinajstić information content (AvgIpc) is 3.58. The third kappa shape index (κ3) is 4.48. The van der Waals surface area contributed by atoms with E-state index >= 15 is 0 Å². The van der Waals surface area contributed by atoms with Crippen LogP contribution in [0, 0.1) is 0 Å². The number of aromatic nitrogens is 2. The summed E-state index contributed by atoms with van der Waals surface area (Å²) in [4.78, 5) is 28.5. The number of hydrogen-bond donors (Lipinski definition) is 2. The molecule has 2 N–H and O–H groups in total. The number of thiophene rings is 1. The smallest absolute Gasteiger partial charge is 0.330 e. The monoisotopic (exact) mass is 532 g/mol. The van der Waals surface area contributed by atoms with E-state index < -0.39 is 37.4 Å². The number of rotatable bonds is 6. The van der Waals surface area contributed by atoms with E-state index in [2.05, 4.69) is 50.0 Å². The van der Waals surface area contributed by atoms with Crippen molar-refractivity contribution in [1.82, 2.24) is 9.55 Å². The number of H-pyrrole nitrogens is 1. The number of aliphatic hydroxyl groups is 1. The molecule has 5 rings (SSSR count). The van der Waals surface area contributed by atoms with Gasteiger partial charge in [-0.1, -0.05) is 97.9 Å². The summed E-state index contributed by atoms with van der Waals surface area (Å²) in [6, 6.07) is 24.3. The standard InChI is InChI=1S/C29H32N2O4SSi/c1-29(2,3)37(20-11-6-4-7-12-20,21-13-8-5-9-14-21)27(33)23-16-17-25(35-23)31-19-22(24-15-10-18-36-24)26(32)30-28(31)34/h4-15,18-19,23,25,27,33H,16-17H2,1-3H3,(H,30,32,34)/t23-,25+,27?/m0/s1. The molecule has 1 unspecified atom stereocenters. The lowest BCUT2D eigenvalue weighted by atomic mass is 10.2. The average molecular weight is 533 g/mol. The molecule has 1 fully saturated rings. The summed E-state index contributed by atoms with van der Waals surface area (Å²) >= 11 is 1.44. The Morgan fingerprint density at radius 2 is 1.59 bits per heavy atom. The normalized spacial score (nSPS) is 19.1. The molecule has 2 aromatic heterocycles. The highest BCUT2D eigenvalue weighted by atomic mass is 32.1. The lowest BCUT2D eigenvalue weighted by molar-refractivity contribution is -0.0398. The molecule has 2 aromatic carbocycles. The van der Waals surface area contributed by atoms with Gasteiger partial charge in [0.25, 0.3) is 5.56 Å². The van der Waals surface area contributed by atoms with Crippen LogP contribution in [-0.4, -0.2) is 34.6 Å². The Labute approximate surface area is 221 Å². The van der Waals surface area contributed by atoms with Gasteiger partial charge in [0.1, 0.15) is 6.23 Å². The molecule has 0 saturated carbocycles. The van der Waals surface area contributed by atoms with Crippen LogP contribution in [0.3, 0.4) is 0 Å². The van der Waals surface area contributed by atoms with Crippen LogP contribution >= 0.6 is 11.3 Å². The Hall–Kier alpha value is -3.04. The maximum Gasteiger partial charge on any atom is 0.330 e. The van der Waals surface area contributed by atoms with Gasteiger partial charge in [-0.2, -0.15) is 0 Å². The molecule has 0 radical (unpaired) electrons.